The van der Waals surface area contributed by atoms with Crippen LogP contribution in [-0.2, 0) is 0 Å². The van der Waals surface area contributed by atoms with Gasteiger partial charge in [-0.15, -0.1) is 0 Å². The van der Waals surface area contributed by atoms with E-state index in [1.165, 1.54) is 13.1 Å². The largest absolute Gasteiger partial charge is 0.265 e. The molecule has 0 aromatic carbocycles. The first-order chi connectivity index (χ1) is 5.54. The summed E-state index contributed by atoms with van der Waals surface area (Å²) in [4.78, 5) is 3.62. The van der Waals surface area contributed by atoms with Crippen LogP contribution in [0.25, 0.3) is 0 Å². The van der Waals surface area contributed by atoms with Crippen LogP contribution >= 0.6 is 23.2 Å². The van der Waals surface area contributed by atoms with Crippen LogP contribution in [0, 0.1) is 6.92 Å². The highest BCUT2D eigenvalue weighted by atomic mass is 35.5. The third-order valence-electron chi connectivity index (χ3n) is 1.43. The van der Waals surface area contributed by atoms with Crippen LogP contribution < -0.4 is 0 Å². The summed E-state index contributed by atoms with van der Waals surface area (Å²) < 4.78 is 24.6. The van der Waals surface area contributed by atoms with Crippen LogP contribution in [0.3, 0.4) is 0 Å². The maximum Gasteiger partial charge on any atom is 0.265 e. The topological polar surface area (TPSA) is 12.9 Å². The standard InChI is InChI=1S/C7H5Cl2F2N/c1-3-2-12-6(9)5(8)4(3)7(10)11/h2,7H,1H3. The highest BCUT2D eigenvalue weighted by molar-refractivity contribution is 6.41. The van der Waals surface area contributed by atoms with Crippen molar-refractivity contribution in [3.8, 4) is 0 Å². The summed E-state index contributed by atoms with van der Waals surface area (Å²) in [6.45, 7) is 1.51. The Morgan fingerprint density at radius 2 is 2.00 bits per heavy atom. The van der Waals surface area contributed by atoms with Crippen molar-refractivity contribution in [1.82, 2.24) is 4.98 Å². The number of pyridine rings is 1. The quantitative estimate of drug-likeness (QED) is 0.647. The highest BCUT2D eigenvalue weighted by Crippen LogP contribution is 2.33. The Morgan fingerprint density at radius 1 is 1.42 bits per heavy atom. The average molecular weight is 212 g/mol. The molecule has 1 heterocycles. The first kappa shape index (κ1) is 9.68. The summed E-state index contributed by atoms with van der Waals surface area (Å²) in [5.41, 5.74) is 0.107. The van der Waals surface area contributed by atoms with Crippen LogP contribution in [0.15, 0.2) is 6.20 Å². The van der Waals surface area contributed by atoms with Crippen LogP contribution in [0.5, 0.6) is 0 Å². The van der Waals surface area contributed by atoms with Crippen LogP contribution in [-0.4, -0.2) is 4.98 Å². The Bertz CT molecular complexity index is 302. The van der Waals surface area contributed by atoms with Crippen molar-refractivity contribution < 1.29 is 8.78 Å². The third-order valence-corrected chi connectivity index (χ3v) is 2.20. The molecule has 0 aliphatic heterocycles. The van der Waals surface area contributed by atoms with Gasteiger partial charge in [-0.3, -0.25) is 0 Å². The molecule has 0 fully saturated rings. The van der Waals surface area contributed by atoms with Gasteiger partial charge in [0.2, 0.25) is 0 Å². The van der Waals surface area contributed by atoms with Gasteiger partial charge in [-0.1, -0.05) is 23.2 Å². The van der Waals surface area contributed by atoms with Gasteiger partial charge in [-0.25, -0.2) is 13.8 Å². The average Bonchev–Trinajstić information content (AvgIpc) is 1.97. The van der Waals surface area contributed by atoms with Crippen molar-refractivity contribution in [3.05, 3.63) is 27.5 Å². The zero-order valence-corrected chi connectivity index (χ0v) is 7.63. The third kappa shape index (κ3) is 1.67. The fourth-order valence-electron chi connectivity index (χ4n) is 0.832. The van der Waals surface area contributed by atoms with E-state index in [-0.39, 0.29) is 15.7 Å². The number of halogens is 4. The minimum absolute atomic E-state index is 0.0856. The van der Waals surface area contributed by atoms with Gasteiger partial charge < -0.3 is 0 Å². The van der Waals surface area contributed by atoms with Crippen LogP contribution in [0.1, 0.15) is 17.6 Å². The van der Waals surface area contributed by atoms with E-state index in [1.807, 2.05) is 0 Å². The predicted molar refractivity (Wildman–Crippen MR) is 44.0 cm³/mol. The number of rotatable bonds is 1. The van der Waals surface area contributed by atoms with Gasteiger partial charge in [-0.05, 0) is 12.5 Å². The molecule has 0 atom stereocenters. The molecule has 0 spiro atoms. The number of hydrogen-bond donors (Lipinski definition) is 0. The van der Waals surface area contributed by atoms with Gasteiger partial charge in [0.05, 0.1) is 5.02 Å². The van der Waals surface area contributed by atoms with Crippen molar-refractivity contribution in [1.29, 1.82) is 0 Å². The summed E-state index contributed by atoms with van der Waals surface area (Å²) in [5.74, 6) is 0. The molecule has 1 nitrogen and oxygen atoms in total. The van der Waals surface area contributed by atoms with Crippen molar-refractivity contribution >= 4 is 23.2 Å². The second kappa shape index (κ2) is 3.54. The van der Waals surface area contributed by atoms with E-state index >= 15 is 0 Å². The van der Waals surface area contributed by atoms with Crippen molar-refractivity contribution in [3.63, 3.8) is 0 Å². The minimum Gasteiger partial charge on any atom is -0.243 e. The van der Waals surface area contributed by atoms with Crippen molar-refractivity contribution in [2.75, 3.05) is 0 Å². The second-order valence-electron chi connectivity index (χ2n) is 2.26. The van der Waals surface area contributed by atoms with E-state index in [4.69, 9.17) is 23.2 Å². The molecule has 66 valence electrons. The van der Waals surface area contributed by atoms with Crippen molar-refractivity contribution in [2.45, 2.75) is 13.3 Å². The first-order valence-corrected chi connectivity index (χ1v) is 3.88. The molecule has 5 heteroatoms. The normalized spacial score (nSPS) is 10.8. The van der Waals surface area contributed by atoms with E-state index in [9.17, 15) is 8.78 Å². The smallest absolute Gasteiger partial charge is 0.243 e. The fourth-order valence-corrected chi connectivity index (χ4v) is 1.26. The van der Waals surface area contributed by atoms with Gasteiger partial charge in [-0.2, -0.15) is 0 Å². The Morgan fingerprint density at radius 3 is 2.42 bits per heavy atom. The SMILES string of the molecule is Cc1cnc(Cl)c(Cl)c1C(F)F. The lowest BCUT2D eigenvalue weighted by molar-refractivity contribution is 0.150. The lowest BCUT2D eigenvalue weighted by atomic mass is 10.2. The molecule has 0 N–H and O–H groups in total. The summed E-state index contributed by atoms with van der Waals surface area (Å²) in [6.07, 6.45) is -1.34. The molecular formula is C7H5Cl2F2N. The Hall–Kier alpha value is -0.410. The van der Waals surface area contributed by atoms with Crippen molar-refractivity contribution in [2.24, 2.45) is 0 Å². The Balaban J connectivity index is 3.33. The van der Waals surface area contributed by atoms with E-state index in [1.54, 1.807) is 0 Å². The number of alkyl halides is 2. The van der Waals surface area contributed by atoms with Gasteiger partial charge in [0, 0.05) is 11.8 Å². The maximum atomic E-state index is 12.3. The molecule has 0 bridgehead atoms. The van der Waals surface area contributed by atoms with Crippen LogP contribution in [0.4, 0.5) is 8.78 Å². The monoisotopic (exact) mass is 211 g/mol. The molecule has 0 saturated heterocycles. The molecule has 0 aliphatic carbocycles. The molecule has 0 radical (unpaired) electrons. The predicted octanol–water partition coefficient (Wildman–Crippen LogP) is 3.63. The van der Waals surface area contributed by atoms with Gasteiger partial charge in [0.25, 0.3) is 6.43 Å². The van der Waals surface area contributed by atoms with E-state index in [0.717, 1.165) is 0 Å². The maximum absolute atomic E-state index is 12.3. The van der Waals surface area contributed by atoms with E-state index in [2.05, 4.69) is 4.98 Å². The fraction of sp³-hybridized carbons (Fsp3) is 0.286. The van der Waals surface area contributed by atoms with Gasteiger partial charge in [0.15, 0.2) is 0 Å². The number of aryl methyl sites for hydroxylation is 1. The summed E-state index contributed by atoms with van der Waals surface area (Å²) >= 11 is 11.0. The van der Waals surface area contributed by atoms with Crippen LogP contribution in [0.2, 0.25) is 10.2 Å². The number of hydrogen-bond acceptors (Lipinski definition) is 1. The van der Waals surface area contributed by atoms with E-state index < -0.39 is 6.43 Å². The number of aromatic nitrogens is 1. The molecule has 0 amide bonds. The summed E-state index contributed by atoms with van der Waals surface area (Å²) in [5, 5.41) is -0.246. The lowest BCUT2D eigenvalue weighted by Crippen LogP contribution is -1.93. The molecule has 1 aromatic heterocycles. The summed E-state index contributed by atoms with van der Waals surface area (Å²) in [6, 6.07) is 0. The first-order valence-electron chi connectivity index (χ1n) is 3.12. The van der Waals surface area contributed by atoms with Gasteiger partial charge in [0.1, 0.15) is 5.15 Å². The zero-order valence-electron chi connectivity index (χ0n) is 6.11. The molecule has 1 aromatic rings. The highest BCUT2D eigenvalue weighted by Gasteiger charge is 2.17. The number of nitrogens with zero attached hydrogens (tertiary/aromatic N) is 1. The van der Waals surface area contributed by atoms with Gasteiger partial charge >= 0.3 is 0 Å². The zero-order chi connectivity index (χ0) is 9.30. The Labute approximate surface area is 78.3 Å². The molecule has 12 heavy (non-hydrogen) atoms. The lowest BCUT2D eigenvalue weighted by Gasteiger charge is -2.06. The molecule has 0 unspecified atom stereocenters. The minimum atomic E-state index is -2.61. The molecule has 0 aliphatic rings. The molecule has 1 rings (SSSR count). The van der Waals surface area contributed by atoms with E-state index in [0.29, 0.717) is 5.56 Å². The summed E-state index contributed by atoms with van der Waals surface area (Å²) in [7, 11) is 0. The Kier molecular flexibility index (Phi) is 2.85. The molecule has 0 saturated carbocycles. The second-order valence-corrected chi connectivity index (χ2v) is 3.00. The molecular weight excluding hydrogens is 207 g/mol.